The van der Waals surface area contributed by atoms with Crippen molar-refractivity contribution in [3.05, 3.63) is 0 Å². The highest BCUT2D eigenvalue weighted by Gasteiger charge is 2.45. The van der Waals surface area contributed by atoms with Crippen LogP contribution in [-0.4, -0.2) is 23.9 Å². The summed E-state index contributed by atoms with van der Waals surface area (Å²) in [6.45, 7) is 4.19. The van der Waals surface area contributed by atoms with Gasteiger partial charge in [-0.05, 0) is 25.2 Å². The van der Waals surface area contributed by atoms with Crippen molar-refractivity contribution in [3.63, 3.8) is 0 Å². The monoisotopic (exact) mass is 172 g/mol. The Balaban J connectivity index is 2.53. The van der Waals surface area contributed by atoms with E-state index in [1.54, 1.807) is 7.11 Å². The Bertz CT molecular complexity index is 135. The zero-order chi connectivity index (χ0) is 9.19. The van der Waals surface area contributed by atoms with Crippen molar-refractivity contribution in [1.82, 2.24) is 0 Å². The predicted octanol–water partition coefficient (Wildman–Crippen LogP) is 1.96. The van der Waals surface area contributed by atoms with E-state index in [1.165, 1.54) is 6.42 Å². The normalized spacial score (nSPS) is 26.0. The number of hydrogen-bond acceptors (Lipinski definition) is 2. The summed E-state index contributed by atoms with van der Waals surface area (Å²) in [7, 11) is 1.71. The maximum atomic E-state index is 9.96. The van der Waals surface area contributed by atoms with Gasteiger partial charge in [-0.15, -0.1) is 0 Å². The minimum Gasteiger partial charge on any atom is -0.390 e. The molecule has 0 aromatic rings. The van der Waals surface area contributed by atoms with Crippen LogP contribution in [0, 0.1) is 5.92 Å². The van der Waals surface area contributed by atoms with E-state index in [0.29, 0.717) is 5.92 Å². The van der Waals surface area contributed by atoms with Crippen LogP contribution in [0.25, 0.3) is 0 Å². The molecule has 1 aliphatic rings. The number of rotatable bonds is 4. The first-order chi connectivity index (χ1) is 5.66. The van der Waals surface area contributed by atoms with Crippen molar-refractivity contribution in [1.29, 1.82) is 0 Å². The Labute approximate surface area is 74.9 Å². The molecule has 72 valence electrons. The quantitative estimate of drug-likeness (QED) is 0.702. The second-order valence-electron chi connectivity index (χ2n) is 3.95. The molecule has 0 aromatic carbocycles. The first kappa shape index (κ1) is 10.0. The molecule has 0 aromatic heterocycles. The van der Waals surface area contributed by atoms with E-state index in [-0.39, 0.29) is 11.7 Å². The van der Waals surface area contributed by atoms with Gasteiger partial charge in [0.2, 0.25) is 0 Å². The van der Waals surface area contributed by atoms with Gasteiger partial charge < -0.3 is 9.84 Å². The number of hydrogen-bond donors (Lipinski definition) is 1. The van der Waals surface area contributed by atoms with Crippen LogP contribution in [-0.2, 0) is 4.74 Å². The third-order valence-electron chi connectivity index (χ3n) is 3.33. The summed E-state index contributed by atoms with van der Waals surface area (Å²) in [4.78, 5) is 0. The molecular formula is C10H20O2. The van der Waals surface area contributed by atoms with Gasteiger partial charge in [0, 0.05) is 7.11 Å². The van der Waals surface area contributed by atoms with Gasteiger partial charge in [0.05, 0.1) is 11.7 Å². The van der Waals surface area contributed by atoms with E-state index in [1.807, 2.05) is 0 Å². The van der Waals surface area contributed by atoms with E-state index in [2.05, 4.69) is 13.8 Å². The highest BCUT2D eigenvalue weighted by Crippen LogP contribution is 2.40. The lowest BCUT2D eigenvalue weighted by Gasteiger charge is -2.46. The molecule has 0 saturated heterocycles. The minimum atomic E-state index is -0.277. The molecule has 2 heteroatoms. The third kappa shape index (κ3) is 1.50. The molecule has 1 fully saturated rings. The van der Waals surface area contributed by atoms with Gasteiger partial charge in [0.25, 0.3) is 0 Å². The van der Waals surface area contributed by atoms with Gasteiger partial charge in [-0.3, -0.25) is 0 Å². The molecule has 0 radical (unpaired) electrons. The SMILES string of the molecule is CCC(C)C(O)C1(OC)CCC1. The largest absolute Gasteiger partial charge is 0.390 e. The molecule has 1 rings (SSSR count). The van der Waals surface area contributed by atoms with E-state index in [0.717, 1.165) is 19.3 Å². The molecule has 1 saturated carbocycles. The first-order valence-corrected chi connectivity index (χ1v) is 4.89. The van der Waals surface area contributed by atoms with Crippen LogP contribution in [0.5, 0.6) is 0 Å². The third-order valence-corrected chi connectivity index (χ3v) is 3.33. The highest BCUT2D eigenvalue weighted by atomic mass is 16.5. The van der Waals surface area contributed by atoms with Crippen LogP contribution in [0.1, 0.15) is 39.5 Å². The van der Waals surface area contributed by atoms with Crippen LogP contribution in [0.2, 0.25) is 0 Å². The van der Waals surface area contributed by atoms with Crippen LogP contribution in [0.4, 0.5) is 0 Å². The topological polar surface area (TPSA) is 29.5 Å². The average molecular weight is 172 g/mol. The molecule has 0 aliphatic heterocycles. The predicted molar refractivity (Wildman–Crippen MR) is 49.1 cm³/mol. The number of methoxy groups -OCH3 is 1. The maximum Gasteiger partial charge on any atom is 0.0939 e. The fourth-order valence-electron chi connectivity index (χ4n) is 1.89. The molecule has 12 heavy (non-hydrogen) atoms. The second-order valence-corrected chi connectivity index (χ2v) is 3.95. The Kier molecular flexibility index (Phi) is 3.13. The van der Waals surface area contributed by atoms with E-state index >= 15 is 0 Å². The summed E-state index contributed by atoms with van der Waals surface area (Å²) >= 11 is 0. The number of aliphatic hydroxyl groups is 1. The zero-order valence-corrected chi connectivity index (χ0v) is 8.34. The summed E-state index contributed by atoms with van der Waals surface area (Å²) in [5.74, 6) is 0.352. The van der Waals surface area contributed by atoms with Gasteiger partial charge in [0.15, 0.2) is 0 Å². The van der Waals surface area contributed by atoms with Crippen LogP contribution in [0.15, 0.2) is 0 Å². The van der Waals surface area contributed by atoms with Crippen LogP contribution >= 0.6 is 0 Å². The van der Waals surface area contributed by atoms with Gasteiger partial charge in [-0.2, -0.15) is 0 Å². The molecule has 1 N–H and O–H groups in total. The fourth-order valence-corrected chi connectivity index (χ4v) is 1.89. The minimum absolute atomic E-state index is 0.199. The standard InChI is InChI=1S/C10H20O2/c1-4-8(2)9(11)10(12-3)6-5-7-10/h8-9,11H,4-7H2,1-3H3. The molecule has 2 atom stereocenters. The smallest absolute Gasteiger partial charge is 0.0939 e. The number of aliphatic hydroxyl groups excluding tert-OH is 1. The van der Waals surface area contributed by atoms with Crippen molar-refractivity contribution in [2.75, 3.05) is 7.11 Å². The van der Waals surface area contributed by atoms with E-state index in [9.17, 15) is 5.11 Å². The van der Waals surface area contributed by atoms with Gasteiger partial charge in [-0.25, -0.2) is 0 Å². The van der Waals surface area contributed by atoms with Gasteiger partial charge >= 0.3 is 0 Å². The van der Waals surface area contributed by atoms with Crippen molar-refractivity contribution in [3.8, 4) is 0 Å². The summed E-state index contributed by atoms with van der Waals surface area (Å²) in [5.41, 5.74) is -0.199. The number of ether oxygens (including phenoxy) is 1. The molecule has 0 spiro atoms. The van der Waals surface area contributed by atoms with E-state index in [4.69, 9.17) is 4.74 Å². The first-order valence-electron chi connectivity index (χ1n) is 4.89. The molecule has 0 heterocycles. The van der Waals surface area contributed by atoms with Crippen LogP contribution in [0.3, 0.4) is 0 Å². The van der Waals surface area contributed by atoms with Crippen molar-refractivity contribution in [2.24, 2.45) is 5.92 Å². The maximum absolute atomic E-state index is 9.96. The molecule has 0 bridgehead atoms. The van der Waals surface area contributed by atoms with Gasteiger partial charge in [-0.1, -0.05) is 20.3 Å². The molecular weight excluding hydrogens is 152 g/mol. The van der Waals surface area contributed by atoms with E-state index < -0.39 is 0 Å². The lowest BCUT2D eigenvalue weighted by molar-refractivity contribution is -0.165. The highest BCUT2D eigenvalue weighted by molar-refractivity contribution is 4.97. The zero-order valence-electron chi connectivity index (χ0n) is 8.34. The Morgan fingerprint density at radius 1 is 1.50 bits per heavy atom. The van der Waals surface area contributed by atoms with Crippen molar-refractivity contribution < 1.29 is 9.84 Å². The molecule has 2 nitrogen and oxygen atoms in total. The van der Waals surface area contributed by atoms with Crippen molar-refractivity contribution in [2.45, 2.75) is 51.2 Å². The average Bonchev–Trinajstić information content (AvgIpc) is 2.02. The molecule has 0 amide bonds. The summed E-state index contributed by atoms with van der Waals surface area (Å²) in [6, 6.07) is 0. The Morgan fingerprint density at radius 3 is 2.33 bits per heavy atom. The Hall–Kier alpha value is -0.0800. The Morgan fingerprint density at radius 2 is 2.08 bits per heavy atom. The lowest BCUT2D eigenvalue weighted by atomic mass is 9.72. The van der Waals surface area contributed by atoms with Gasteiger partial charge in [0.1, 0.15) is 0 Å². The summed E-state index contributed by atoms with van der Waals surface area (Å²) in [6.07, 6.45) is 3.98. The second kappa shape index (κ2) is 3.75. The van der Waals surface area contributed by atoms with Crippen molar-refractivity contribution >= 4 is 0 Å². The molecule has 1 aliphatic carbocycles. The summed E-state index contributed by atoms with van der Waals surface area (Å²) in [5, 5.41) is 9.96. The molecule has 2 unspecified atom stereocenters. The lowest BCUT2D eigenvalue weighted by Crippen LogP contribution is -2.52. The fraction of sp³-hybridized carbons (Fsp3) is 1.00. The van der Waals surface area contributed by atoms with Crippen LogP contribution < -0.4 is 0 Å². The summed E-state index contributed by atoms with van der Waals surface area (Å²) < 4.78 is 5.41.